The molecule has 29 heavy (non-hydrogen) atoms. The highest BCUT2D eigenvalue weighted by atomic mass is 32.2. The van der Waals surface area contributed by atoms with E-state index < -0.39 is 0 Å². The highest BCUT2D eigenvalue weighted by Gasteiger charge is 2.16. The van der Waals surface area contributed by atoms with E-state index in [-0.39, 0.29) is 17.6 Å². The topological polar surface area (TPSA) is 82.0 Å². The molecule has 0 radical (unpaired) electrons. The van der Waals surface area contributed by atoms with Crippen molar-refractivity contribution in [2.75, 3.05) is 17.6 Å². The summed E-state index contributed by atoms with van der Waals surface area (Å²) in [7, 11) is 0. The van der Waals surface area contributed by atoms with Gasteiger partial charge in [-0.25, -0.2) is 0 Å². The summed E-state index contributed by atoms with van der Waals surface area (Å²) in [5, 5.41) is 14.9. The molecule has 150 valence electrons. The van der Waals surface area contributed by atoms with E-state index in [9.17, 15) is 9.59 Å². The lowest BCUT2D eigenvalue weighted by Crippen LogP contribution is -2.31. The number of thioether (sulfide) groups is 1. The van der Waals surface area contributed by atoms with Crippen LogP contribution in [0.2, 0.25) is 0 Å². The second-order valence-corrected chi connectivity index (χ2v) is 8.26. The first kappa shape index (κ1) is 20.9. The molecule has 0 atom stereocenters. The van der Waals surface area contributed by atoms with E-state index in [1.54, 1.807) is 36.4 Å². The number of hydrogen-bond acceptors (Lipinski definition) is 4. The molecule has 3 rings (SSSR count). The van der Waals surface area contributed by atoms with Crippen molar-refractivity contribution in [1.29, 1.82) is 5.26 Å². The number of carbonyl (C=O) groups excluding carboxylic acids is 2. The smallest absolute Gasteiger partial charge is 0.256 e. The molecule has 0 bridgehead atoms. The van der Waals surface area contributed by atoms with Crippen LogP contribution in [0.15, 0.2) is 53.4 Å². The van der Waals surface area contributed by atoms with E-state index in [0.29, 0.717) is 22.7 Å². The van der Waals surface area contributed by atoms with Gasteiger partial charge in [-0.1, -0.05) is 37.5 Å². The van der Waals surface area contributed by atoms with Gasteiger partial charge < -0.3 is 10.6 Å². The summed E-state index contributed by atoms with van der Waals surface area (Å²) in [5.41, 5.74) is 1.57. The van der Waals surface area contributed by atoms with Crippen molar-refractivity contribution in [1.82, 2.24) is 5.32 Å². The van der Waals surface area contributed by atoms with Crippen molar-refractivity contribution in [3.63, 3.8) is 0 Å². The predicted octanol–water partition coefficient (Wildman–Crippen LogP) is 4.60. The van der Waals surface area contributed by atoms with E-state index in [2.05, 4.69) is 16.7 Å². The molecule has 0 heterocycles. The monoisotopic (exact) mass is 407 g/mol. The summed E-state index contributed by atoms with van der Waals surface area (Å²) < 4.78 is 0. The SMILES string of the molecule is N#Cc1cccc(NC(=O)c2ccccc2SCC(=O)NCC2CCCCC2)c1. The van der Waals surface area contributed by atoms with Crippen molar-refractivity contribution in [3.8, 4) is 6.07 Å². The lowest BCUT2D eigenvalue weighted by Gasteiger charge is -2.21. The van der Waals surface area contributed by atoms with Crippen molar-refractivity contribution in [3.05, 3.63) is 59.7 Å². The maximum atomic E-state index is 12.7. The van der Waals surface area contributed by atoms with Gasteiger partial charge in [0.15, 0.2) is 0 Å². The van der Waals surface area contributed by atoms with Crippen LogP contribution < -0.4 is 10.6 Å². The third-order valence-electron chi connectivity index (χ3n) is 5.05. The van der Waals surface area contributed by atoms with Crippen LogP contribution in [-0.4, -0.2) is 24.1 Å². The highest BCUT2D eigenvalue weighted by molar-refractivity contribution is 8.00. The Morgan fingerprint density at radius 3 is 2.66 bits per heavy atom. The Kier molecular flexibility index (Phi) is 7.71. The minimum absolute atomic E-state index is 0.00231. The Bertz CT molecular complexity index is 901. The van der Waals surface area contributed by atoms with Crippen LogP contribution in [-0.2, 0) is 4.79 Å². The van der Waals surface area contributed by atoms with Crippen LogP contribution in [0, 0.1) is 17.2 Å². The number of amides is 2. The van der Waals surface area contributed by atoms with Crippen LogP contribution in [0.4, 0.5) is 5.69 Å². The summed E-state index contributed by atoms with van der Waals surface area (Å²) in [6.07, 6.45) is 6.22. The van der Waals surface area contributed by atoms with Crippen LogP contribution in [0.25, 0.3) is 0 Å². The Morgan fingerprint density at radius 2 is 1.86 bits per heavy atom. The van der Waals surface area contributed by atoms with Crippen LogP contribution in [0.3, 0.4) is 0 Å². The fraction of sp³-hybridized carbons (Fsp3) is 0.348. The Hall–Kier alpha value is -2.78. The van der Waals surface area contributed by atoms with Crippen molar-refractivity contribution < 1.29 is 9.59 Å². The minimum atomic E-state index is -0.259. The molecule has 1 fully saturated rings. The summed E-state index contributed by atoms with van der Waals surface area (Å²) in [6.45, 7) is 0.747. The Balaban J connectivity index is 1.55. The van der Waals surface area contributed by atoms with Gasteiger partial charge in [0.05, 0.1) is 22.9 Å². The van der Waals surface area contributed by atoms with Gasteiger partial charge in [0.2, 0.25) is 5.91 Å². The molecule has 0 unspecified atom stereocenters. The quantitative estimate of drug-likeness (QED) is 0.657. The number of anilines is 1. The number of rotatable bonds is 7. The fourth-order valence-corrected chi connectivity index (χ4v) is 4.37. The molecular formula is C23H25N3O2S. The van der Waals surface area contributed by atoms with Crippen LogP contribution in [0.5, 0.6) is 0 Å². The van der Waals surface area contributed by atoms with Crippen molar-refractivity contribution in [2.24, 2.45) is 5.92 Å². The average molecular weight is 408 g/mol. The molecule has 6 heteroatoms. The summed E-state index contributed by atoms with van der Waals surface area (Å²) in [5.74, 6) is 0.615. The normalized spacial score (nSPS) is 14.0. The number of benzene rings is 2. The molecule has 0 spiro atoms. The number of carbonyl (C=O) groups is 2. The first-order chi connectivity index (χ1) is 14.2. The van der Waals surface area contributed by atoms with Gasteiger partial charge >= 0.3 is 0 Å². The van der Waals surface area contributed by atoms with Crippen molar-refractivity contribution in [2.45, 2.75) is 37.0 Å². The van der Waals surface area contributed by atoms with Gasteiger partial charge in [0.25, 0.3) is 5.91 Å². The molecule has 1 aliphatic rings. The lowest BCUT2D eigenvalue weighted by molar-refractivity contribution is -0.118. The zero-order chi connectivity index (χ0) is 20.5. The van der Waals surface area contributed by atoms with Gasteiger partial charge in [-0.05, 0) is 49.1 Å². The molecule has 0 aliphatic heterocycles. The number of hydrogen-bond donors (Lipinski definition) is 2. The number of nitrogens with one attached hydrogen (secondary N) is 2. The van der Waals surface area contributed by atoms with Gasteiger partial charge in [-0.15, -0.1) is 11.8 Å². The van der Waals surface area contributed by atoms with Gasteiger partial charge in [-0.3, -0.25) is 9.59 Å². The summed E-state index contributed by atoms with van der Waals surface area (Å²) >= 11 is 1.36. The van der Waals surface area contributed by atoms with E-state index in [1.165, 1.54) is 43.9 Å². The maximum Gasteiger partial charge on any atom is 0.256 e. The van der Waals surface area contributed by atoms with Crippen LogP contribution in [0.1, 0.15) is 48.0 Å². The zero-order valence-corrected chi connectivity index (χ0v) is 17.1. The van der Waals surface area contributed by atoms with E-state index in [4.69, 9.17) is 5.26 Å². The second kappa shape index (κ2) is 10.7. The second-order valence-electron chi connectivity index (χ2n) is 7.24. The molecule has 5 nitrogen and oxygen atoms in total. The standard InChI is InChI=1S/C23H25N3O2S/c24-14-18-9-6-10-19(13-18)26-23(28)20-11-4-5-12-21(20)29-16-22(27)25-15-17-7-2-1-3-8-17/h4-6,9-13,17H,1-3,7-8,15-16H2,(H,25,27)(H,26,28). The molecule has 2 aromatic rings. The first-order valence-electron chi connectivity index (χ1n) is 9.96. The molecule has 2 aromatic carbocycles. The minimum Gasteiger partial charge on any atom is -0.355 e. The molecule has 1 saturated carbocycles. The highest BCUT2D eigenvalue weighted by Crippen LogP contribution is 2.25. The predicted molar refractivity (Wildman–Crippen MR) is 116 cm³/mol. The zero-order valence-electron chi connectivity index (χ0n) is 16.3. The van der Waals surface area contributed by atoms with Gasteiger partial charge in [0, 0.05) is 17.1 Å². The number of nitrogens with zero attached hydrogens (tertiary/aromatic N) is 1. The largest absolute Gasteiger partial charge is 0.355 e. The number of nitriles is 1. The third kappa shape index (κ3) is 6.37. The maximum absolute atomic E-state index is 12.7. The molecule has 2 amide bonds. The van der Waals surface area contributed by atoms with E-state index in [0.717, 1.165) is 11.4 Å². The van der Waals surface area contributed by atoms with E-state index in [1.807, 2.05) is 12.1 Å². The Labute approximate surface area is 175 Å². The molecule has 0 saturated heterocycles. The third-order valence-corrected chi connectivity index (χ3v) is 6.13. The van der Waals surface area contributed by atoms with Crippen molar-refractivity contribution >= 4 is 29.3 Å². The van der Waals surface area contributed by atoms with Crippen LogP contribution >= 0.6 is 11.8 Å². The van der Waals surface area contributed by atoms with Gasteiger partial charge in [-0.2, -0.15) is 5.26 Å². The average Bonchev–Trinajstić information content (AvgIpc) is 2.77. The fourth-order valence-electron chi connectivity index (χ4n) is 3.49. The first-order valence-corrected chi connectivity index (χ1v) is 10.9. The Morgan fingerprint density at radius 1 is 1.07 bits per heavy atom. The van der Waals surface area contributed by atoms with Gasteiger partial charge in [0.1, 0.15) is 0 Å². The van der Waals surface area contributed by atoms with E-state index >= 15 is 0 Å². The molecule has 1 aliphatic carbocycles. The molecule has 0 aromatic heterocycles. The molecule has 2 N–H and O–H groups in total. The molecular weight excluding hydrogens is 382 g/mol. The summed E-state index contributed by atoms with van der Waals surface area (Å²) in [6, 6.07) is 16.1. The lowest BCUT2D eigenvalue weighted by atomic mass is 9.89. The summed E-state index contributed by atoms with van der Waals surface area (Å²) in [4.78, 5) is 25.7.